The molecule has 2 amide bonds. The average Bonchev–Trinajstić information content (AvgIpc) is 2.56. The Morgan fingerprint density at radius 2 is 1.61 bits per heavy atom. The molecule has 0 aliphatic rings. The number of hydrogen-bond donors (Lipinski definition) is 2. The first-order valence-corrected chi connectivity index (χ1v) is 8.26. The van der Waals surface area contributed by atoms with Crippen LogP contribution in [-0.2, 0) is 0 Å². The third-order valence-corrected chi connectivity index (χ3v) is 4.25. The van der Waals surface area contributed by atoms with Crippen molar-refractivity contribution in [1.82, 2.24) is 5.32 Å². The van der Waals surface area contributed by atoms with Crippen LogP contribution in [-0.4, -0.2) is 18.4 Å². The van der Waals surface area contributed by atoms with E-state index in [1.807, 2.05) is 32.0 Å². The van der Waals surface area contributed by atoms with Gasteiger partial charge < -0.3 is 10.6 Å². The van der Waals surface area contributed by atoms with Gasteiger partial charge in [-0.15, -0.1) is 0 Å². The summed E-state index contributed by atoms with van der Waals surface area (Å²) >= 11 is 3.43. The standard InChI is InChI=1S/C18H19BrN2O2/c1-3-10-20-17(22)13-4-6-14(7-5-13)18(23)21-15-8-9-16(19)12(2)11-15/h4-9,11H,3,10H2,1-2H3,(H,20,22)(H,21,23). The van der Waals surface area contributed by atoms with E-state index in [2.05, 4.69) is 26.6 Å². The summed E-state index contributed by atoms with van der Waals surface area (Å²) < 4.78 is 0.998. The maximum atomic E-state index is 12.2. The second-order valence-electron chi connectivity index (χ2n) is 5.25. The van der Waals surface area contributed by atoms with E-state index in [0.717, 1.165) is 22.1 Å². The smallest absolute Gasteiger partial charge is 0.255 e. The lowest BCUT2D eigenvalue weighted by atomic mass is 10.1. The van der Waals surface area contributed by atoms with Crippen LogP contribution in [0.25, 0.3) is 0 Å². The normalized spacial score (nSPS) is 10.2. The zero-order valence-corrected chi connectivity index (χ0v) is 14.7. The number of rotatable bonds is 5. The molecular formula is C18H19BrN2O2. The first kappa shape index (κ1) is 17.2. The third-order valence-electron chi connectivity index (χ3n) is 3.36. The molecule has 0 aromatic heterocycles. The van der Waals surface area contributed by atoms with Gasteiger partial charge in [-0.25, -0.2) is 0 Å². The number of hydrogen-bond acceptors (Lipinski definition) is 2. The van der Waals surface area contributed by atoms with E-state index in [1.54, 1.807) is 24.3 Å². The van der Waals surface area contributed by atoms with Gasteiger partial charge in [0, 0.05) is 27.8 Å². The number of carbonyl (C=O) groups excluding carboxylic acids is 2. The van der Waals surface area contributed by atoms with Gasteiger partial charge in [-0.2, -0.15) is 0 Å². The molecule has 0 heterocycles. The van der Waals surface area contributed by atoms with Crippen molar-refractivity contribution < 1.29 is 9.59 Å². The van der Waals surface area contributed by atoms with Gasteiger partial charge in [0.15, 0.2) is 0 Å². The zero-order valence-electron chi connectivity index (χ0n) is 13.2. The van der Waals surface area contributed by atoms with Crippen molar-refractivity contribution >= 4 is 33.4 Å². The number of amides is 2. The monoisotopic (exact) mass is 374 g/mol. The van der Waals surface area contributed by atoms with Gasteiger partial charge in [-0.1, -0.05) is 22.9 Å². The highest BCUT2D eigenvalue weighted by molar-refractivity contribution is 9.10. The summed E-state index contributed by atoms with van der Waals surface area (Å²) in [6.45, 7) is 4.60. The molecule has 23 heavy (non-hydrogen) atoms. The molecule has 2 aromatic carbocycles. The number of carbonyl (C=O) groups is 2. The fourth-order valence-electron chi connectivity index (χ4n) is 2.04. The van der Waals surface area contributed by atoms with Crippen LogP contribution < -0.4 is 10.6 Å². The Hall–Kier alpha value is -2.14. The molecule has 0 atom stereocenters. The molecule has 0 spiro atoms. The molecule has 5 heteroatoms. The Morgan fingerprint density at radius 3 is 2.17 bits per heavy atom. The minimum atomic E-state index is -0.202. The molecule has 0 radical (unpaired) electrons. The predicted molar refractivity (Wildman–Crippen MR) is 95.9 cm³/mol. The molecule has 0 saturated heterocycles. The predicted octanol–water partition coefficient (Wildman–Crippen LogP) is 4.15. The van der Waals surface area contributed by atoms with Gasteiger partial charge in [0.1, 0.15) is 0 Å². The minimum Gasteiger partial charge on any atom is -0.352 e. The van der Waals surface area contributed by atoms with Gasteiger partial charge in [-0.05, 0) is 61.4 Å². The van der Waals surface area contributed by atoms with Gasteiger partial charge in [0.05, 0.1) is 0 Å². The SMILES string of the molecule is CCCNC(=O)c1ccc(C(=O)Nc2ccc(Br)c(C)c2)cc1. The van der Waals surface area contributed by atoms with Crippen molar-refractivity contribution in [3.8, 4) is 0 Å². The van der Waals surface area contributed by atoms with Crippen molar-refractivity contribution in [2.75, 3.05) is 11.9 Å². The van der Waals surface area contributed by atoms with E-state index in [9.17, 15) is 9.59 Å². The van der Waals surface area contributed by atoms with Crippen molar-refractivity contribution in [3.63, 3.8) is 0 Å². The average molecular weight is 375 g/mol. The topological polar surface area (TPSA) is 58.2 Å². The molecular weight excluding hydrogens is 356 g/mol. The van der Waals surface area contributed by atoms with E-state index in [4.69, 9.17) is 0 Å². The van der Waals surface area contributed by atoms with E-state index in [1.165, 1.54) is 0 Å². The molecule has 0 aliphatic carbocycles. The Labute approximate surface area is 144 Å². The Balaban J connectivity index is 2.05. The number of nitrogens with one attached hydrogen (secondary N) is 2. The van der Waals surface area contributed by atoms with Crippen molar-refractivity contribution in [1.29, 1.82) is 0 Å². The van der Waals surface area contributed by atoms with Crippen LogP contribution in [0.15, 0.2) is 46.9 Å². The second kappa shape index (κ2) is 7.92. The summed E-state index contributed by atoms with van der Waals surface area (Å²) in [4.78, 5) is 24.1. The van der Waals surface area contributed by atoms with Crippen molar-refractivity contribution in [3.05, 3.63) is 63.6 Å². The van der Waals surface area contributed by atoms with Gasteiger partial charge in [-0.3, -0.25) is 9.59 Å². The molecule has 0 bridgehead atoms. The van der Waals surface area contributed by atoms with Crippen LogP contribution >= 0.6 is 15.9 Å². The lowest BCUT2D eigenvalue weighted by molar-refractivity contribution is 0.0951. The Bertz CT molecular complexity index is 711. The fraction of sp³-hybridized carbons (Fsp3) is 0.222. The first-order valence-electron chi connectivity index (χ1n) is 7.47. The molecule has 0 fully saturated rings. The quantitative estimate of drug-likeness (QED) is 0.825. The largest absolute Gasteiger partial charge is 0.352 e. The number of halogens is 1. The van der Waals surface area contributed by atoms with Crippen LogP contribution in [0.1, 0.15) is 39.6 Å². The number of aryl methyl sites for hydroxylation is 1. The van der Waals surface area contributed by atoms with E-state index in [0.29, 0.717) is 17.7 Å². The molecule has 0 unspecified atom stereocenters. The number of anilines is 1. The maximum Gasteiger partial charge on any atom is 0.255 e. The van der Waals surface area contributed by atoms with Crippen LogP contribution in [0.2, 0.25) is 0 Å². The first-order chi connectivity index (χ1) is 11.0. The summed E-state index contributed by atoms with van der Waals surface area (Å²) in [7, 11) is 0. The van der Waals surface area contributed by atoms with Crippen LogP contribution in [0.4, 0.5) is 5.69 Å². The van der Waals surface area contributed by atoms with Crippen LogP contribution in [0, 0.1) is 6.92 Å². The molecule has 0 saturated carbocycles. The molecule has 2 rings (SSSR count). The Kier molecular flexibility index (Phi) is 5.93. The lowest BCUT2D eigenvalue weighted by Crippen LogP contribution is -2.24. The summed E-state index contributed by atoms with van der Waals surface area (Å²) in [5.41, 5.74) is 2.85. The number of benzene rings is 2. The van der Waals surface area contributed by atoms with Gasteiger partial charge in [0.2, 0.25) is 0 Å². The minimum absolute atomic E-state index is 0.123. The lowest BCUT2D eigenvalue weighted by Gasteiger charge is -2.08. The van der Waals surface area contributed by atoms with Crippen molar-refractivity contribution in [2.45, 2.75) is 20.3 Å². The summed E-state index contributed by atoms with van der Waals surface area (Å²) in [5, 5.41) is 5.65. The highest BCUT2D eigenvalue weighted by Crippen LogP contribution is 2.20. The molecule has 4 nitrogen and oxygen atoms in total. The van der Waals surface area contributed by atoms with Crippen LogP contribution in [0.3, 0.4) is 0 Å². The third kappa shape index (κ3) is 4.66. The van der Waals surface area contributed by atoms with E-state index < -0.39 is 0 Å². The highest BCUT2D eigenvalue weighted by atomic mass is 79.9. The van der Waals surface area contributed by atoms with Crippen LogP contribution in [0.5, 0.6) is 0 Å². The summed E-state index contributed by atoms with van der Waals surface area (Å²) in [5.74, 6) is -0.324. The molecule has 2 aromatic rings. The second-order valence-corrected chi connectivity index (χ2v) is 6.11. The molecule has 2 N–H and O–H groups in total. The highest BCUT2D eigenvalue weighted by Gasteiger charge is 2.09. The van der Waals surface area contributed by atoms with Crippen molar-refractivity contribution in [2.24, 2.45) is 0 Å². The van der Waals surface area contributed by atoms with E-state index in [-0.39, 0.29) is 11.8 Å². The maximum absolute atomic E-state index is 12.2. The molecule has 0 aliphatic heterocycles. The van der Waals surface area contributed by atoms with E-state index >= 15 is 0 Å². The summed E-state index contributed by atoms with van der Waals surface area (Å²) in [6.07, 6.45) is 0.888. The molecule has 120 valence electrons. The fourth-order valence-corrected chi connectivity index (χ4v) is 2.29. The van der Waals surface area contributed by atoms with Gasteiger partial charge in [0.25, 0.3) is 11.8 Å². The zero-order chi connectivity index (χ0) is 16.8. The Morgan fingerprint density at radius 1 is 1.00 bits per heavy atom. The van der Waals surface area contributed by atoms with Gasteiger partial charge >= 0.3 is 0 Å². The summed E-state index contributed by atoms with van der Waals surface area (Å²) in [6, 6.07) is 12.3.